The van der Waals surface area contributed by atoms with Crippen LogP contribution < -0.4 is 10.1 Å². The molecule has 0 aliphatic heterocycles. The van der Waals surface area contributed by atoms with E-state index in [0.29, 0.717) is 17.4 Å². The van der Waals surface area contributed by atoms with E-state index in [-0.39, 0.29) is 18.6 Å². The maximum atomic E-state index is 11.7. The van der Waals surface area contributed by atoms with Crippen molar-refractivity contribution in [2.75, 3.05) is 6.61 Å². The van der Waals surface area contributed by atoms with E-state index in [1.54, 1.807) is 31.5 Å². The van der Waals surface area contributed by atoms with Gasteiger partial charge in [-0.05, 0) is 26.0 Å². The molecule has 2 aromatic rings. The summed E-state index contributed by atoms with van der Waals surface area (Å²) in [4.78, 5) is 19.7. The Hall–Kier alpha value is -2.44. The number of hydrogen-bond acceptors (Lipinski definition) is 5. The number of H-pyrrole nitrogens is 1. The molecule has 0 aliphatic carbocycles. The molecular formula is C12H15N5O2. The Morgan fingerprint density at radius 3 is 3.05 bits per heavy atom. The summed E-state index contributed by atoms with van der Waals surface area (Å²) in [6.07, 6.45) is 3.19. The number of aryl methyl sites for hydroxylation is 1. The van der Waals surface area contributed by atoms with Gasteiger partial charge in [-0.3, -0.25) is 14.9 Å². The molecule has 2 rings (SSSR count). The Balaban J connectivity index is 1.81. The number of rotatable bonds is 5. The number of ether oxygens (including phenoxy) is 1. The molecule has 0 aromatic carbocycles. The molecule has 0 aliphatic rings. The van der Waals surface area contributed by atoms with Crippen molar-refractivity contribution in [2.24, 2.45) is 0 Å². The Morgan fingerprint density at radius 2 is 2.42 bits per heavy atom. The minimum absolute atomic E-state index is 0.0700. The zero-order valence-corrected chi connectivity index (χ0v) is 10.8. The van der Waals surface area contributed by atoms with Crippen molar-refractivity contribution in [1.29, 1.82) is 0 Å². The fourth-order valence-electron chi connectivity index (χ4n) is 1.48. The fourth-order valence-corrected chi connectivity index (χ4v) is 1.48. The van der Waals surface area contributed by atoms with Gasteiger partial charge < -0.3 is 10.1 Å². The van der Waals surface area contributed by atoms with Gasteiger partial charge in [-0.15, -0.1) is 0 Å². The lowest BCUT2D eigenvalue weighted by atomic mass is 10.3. The number of nitrogens with zero attached hydrogens (tertiary/aromatic N) is 3. The van der Waals surface area contributed by atoms with Crippen LogP contribution in [0.1, 0.15) is 24.6 Å². The van der Waals surface area contributed by atoms with E-state index in [2.05, 4.69) is 25.5 Å². The molecule has 2 heterocycles. The summed E-state index contributed by atoms with van der Waals surface area (Å²) in [6, 6.07) is 3.21. The van der Waals surface area contributed by atoms with Crippen molar-refractivity contribution in [3.63, 3.8) is 0 Å². The van der Waals surface area contributed by atoms with Crippen LogP contribution in [0.2, 0.25) is 0 Å². The molecule has 0 saturated carbocycles. The maximum Gasteiger partial charge on any atom is 0.258 e. The van der Waals surface area contributed by atoms with Crippen molar-refractivity contribution in [3.8, 4) is 5.75 Å². The first kappa shape index (κ1) is 13.0. The lowest BCUT2D eigenvalue weighted by Gasteiger charge is -2.11. The summed E-state index contributed by atoms with van der Waals surface area (Å²) in [7, 11) is 0. The Morgan fingerprint density at radius 1 is 1.58 bits per heavy atom. The lowest BCUT2D eigenvalue weighted by Crippen LogP contribution is -2.31. The molecule has 7 nitrogen and oxygen atoms in total. The molecule has 1 amide bonds. The van der Waals surface area contributed by atoms with Gasteiger partial charge in [0.25, 0.3) is 5.91 Å². The molecule has 0 spiro atoms. The van der Waals surface area contributed by atoms with Crippen molar-refractivity contribution in [3.05, 3.63) is 36.2 Å². The van der Waals surface area contributed by atoms with Gasteiger partial charge in [-0.2, -0.15) is 5.10 Å². The molecule has 7 heteroatoms. The van der Waals surface area contributed by atoms with Crippen LogP contribution in [-0.4, -0.2) is 32.7 Å². The van der Waals surface area contributed by atoms with Crippen molar-refractivity contribution >= 4 is 5.91 Å². The Kier molecular flexibility index (Phi) is 4.07. The van der Waals surface area contributed by atoms with Gasteiger partial charge in [-0.1, -0.05) is 0 Å². The predicted octanol–water partition coefficient (Wildman–Crippen LogP) is 0.764. The van der Waals surface area contributed by atoms with Gasteiger partial charge in [0.2, 0.25) is 0 Å². The van der Waals surface area contributed by atoms with Crippen LogP contribution in [0.25, 0.3) is 0 Å². The van der Waals surface area contributed by atoms with Gasteiger partial charge in [-0.25, -0.2) is 4.98 Å². The number of pyridine rings is 1. The van der Waals surface area contributed by atoms with E-state index in [4.69, 9.17) is 4.74 Å². The first-order chi connectivity index (χ1) is 9.15. The molecule has 0 radical (unpaired) electrons. The summed E-state index contributed by atoms with van der Waals surface area (Å²) in [5.74, 6) is 1.58. The molecule has 0 unspecified atom stereocenters. The molecule has 100 valence electrons. The second-order valence-electron chi connectivity index (χ2n) is 4.05. The van der Waals surface area contributed by atoms with Crippen LogP contribution in [0.4, 0.5) is 0 Å². The third-order valence-corrected chi connectivity index (χ3v) is 2.38. The second kappa shape index (κ2) is 5.94. The molecule has 2 N–H and O–H groups in total. The number of amides is 1. The normalized spacial score (nSPS) is 11.9. The third-order valence-electron chi connectivity index (χ3n) is 2.38. The van der Waals surface area contributed by atoms with Crippen LogP contribution >= 0.6 is 0 Å². The quantitative estimate of drug-likeness (QED) is 0.829. The molecule has 19 heavy (non-hydrogen) atoms. The molecule has 1 atom stereocenters. The smallest absolute Gasteiger partial charge is 0.258 e. The first-order valence-electron chi connectivity index (χ1n) is 5.86. The van der Waals surface area contributed by atoms with Gasteiger partial charge >= 0.3 is 0 Å². The largest absolute Gasteiger partial charge is 0.482 e. The van der Waals surface area contributed by atoms with E-state index < -0.39 is 0 Å². The Labute approximate surface area is 110 Å². The van der Waals surface area contributed by atoms with Gasteiger partial charge in [0, 0.05) is 6.20 Å². The zero-order chi connectivity index (χ0) is 13.7. The van der Waals surface area contributed by atoms with E-state index >= 15 is 0 Å². The highest BCUT2D eigenvalue weighted by Crippen LogP contribution is 2.07. The number of aromatic amines is 1. The van der Waals surface area contributed by atoms with Gasteiger partial charge in [0.15, 0.2) is 12.4 Å². The summed E-state index contributed by atoms with van der Waals surface area (Å²) in [5.41, 5.74) is 0. The SMILES string of the molecule is Cc1nc([C@H](C)NC(=O)COc2cccnc2)n[nH]1. The van der Waals surface area contributed by atoms with Gasteiger partial charge in [0.05, 0.1) is 12.2 Å². The topological polar surface area (TPSA) is 92.8 Å². The number of nitrogens with one attached hydrogen (secondary N) is 2. The zero-order valence-electron chi connectivity index (χ0n) is 10.8. The van der Waals surface area contributed by atoms with Crippen LogP contribution in [0.15, 0.2) is 24.5 Å². The average Bonchev–Trinajstić information content (AvgIpc) is 2.84. The molecule has 0 fully saturated rings. The fraction of sp³-hybridized carbons (Fsp3) is 0.333. The van der Waals surface area contributed by atoms with Gasteiger partial charge in [0.1, 0.15) is 11.6 Å². The highest BCUT2D eigenvalue weighted by Gasteiger charge is 2.13. The summed E-state index contributed by atoms with van der Waals surface area (Å²) < 4.78 is 5.29. The van der Waals surface area contributed by atoms with Crippen LogP contribution in [0.5, 0.6) is 5.75 Å². The van der Waals surface area contributed by atoms with E-state index in [9.17, 15) is 4.79 Å². The predicted molar refractivity (Wildman–Crippen MR) is 67.4 cm³/mol. The van der Waals surface area contributed by atoms with Crippen molar-refractivity contribution < 1.29 is 9.53 Å². The van der Waals surface area contributed by atoms with Crippen molar-refractivity contribution in [1.82, 2.24) is 25.5 Å². The monoisotopic (exact) mass is 261 g/mol. The number of hydrogen-bond donors (Lipinski definition) is 2. The minimum atomic E-state index is -0.269. The van der Waals surface area contributed by atoms with E-state index in [0.717, 1.165) is 0 Å². The lowest BCUT2D eigenvalue weighted by molar-refractivity contribution is -0.123. The summed E-state index contributed by atoms with van der Waals surface area (Å²) in [5, 5.41) is 9.46. The molecular weight excluding hydrogens is 246 g/mol. The van der Waals surface area contributed by atoms with Crippen LogP contribution in [0.3, 0.4) is 0 Å². The minimum Gasteiger partial charge on any atom is -0.482 e. The molecule has 0 bridgehead atoms. The summed E-state index contributed by atoms with van der Waals surface area (Å²) in [6.45, 7) is 3.54. The highest BCUT2D eigenvalue weighted by molar-refractivity contribution is 5.77. The molecule has 2 aromatic heterocycles. The Bertz CT molecular complexity index is 540. The average molecular weight is 261 g/mol. The maximum absolute atomic E-state index is 11.7. The summed E-state index contributed by atoms with van der Waals surface area (Å²) >= 11 is 0. The third kappa shape index (κ3) is 3.77. The second-order valence-corrected chi connectivity index (χ2v) is 4.05. The number of carbonyl (C=O) groups is 1. The van der Waals surface area contributed by atoms with Crippen LogP contribution in [0, 0.1) is 6.92 Å². The standard InChI is InChI=1S/C12H15N5O2/c1-8(12-15-9(2)16-17-12)14-11(18)7-19-10-4-3-5-13-6-10/h3-6,8H,7H2,1-2H3,(H,14,18)(H,15,16,17)/t8-/m0/s1. The first-order valence-corrected chi connectivity index (χ1v) is 5.86. The molecule has 0 saturated heterocycles. The van der Waals surface area contributed by atoms with Crippen LogP contribution in [-0.2, 0) is 4.79 Å². The number of carbonyl (C=O) groups excluding carboxylic acids is 1. The van der Waals surface area contributed by atoms with E-state index in [1.807, 2.05) is 6.92 Å². The number of aromatic nitrogens is 4. The van der Waals surface area contributed by atoms with Crippen molar-refractivity contribution in [2.45, 2.75) is 19.9 Å². The van der Waals surface area contributed by atoms with E-state index in [1.165, 1.54) is 0 Å². The highest BCUT2D eigenvalue weighted by atomic mass is 16.5.